The third-order valence-corrected chi connectivity index (χ3v) is 19.9. The third-order valence-electron chi connectivity index (χ3n) is 10.9. The van der Waals surface area contributed by atoms with Crippen LogP contribution in [0.25, 0.3) is 0 Å². The fraction of sp³-hybridized carbons (Fsp3) is 0.750. The SMILES string of the molecule is CC(C)=CCC/C(=C/CC/C(C)=C/C[C@@H]1CC[C@H](O)C(CC/C(C)=C/CO[Si](C)(C)C(C)(C)C)=C1C)CO[Si](C)(C)C(C)(C)C. The zero-order chi connectivity index (χ0) is 34.6. The van der Waals surface area contributed by atoms with Crippen LogP contribution >= 0.6 is 0 Å². The van der Waals surface area contributed by atoms with E-state index in [0.29, 0.717) is 12.5 Å². The van der Waals surface area contributed by atoms with Gasteiger partial charge in [-0.05, 0) is 146 Å². The standard InChI is InChI=1S/C40H74O3Si2/c1-31(2)18-16-20-35(30-43-45(14,15)40(9,10)11)21-17-19-32(3)22-24-36-25-27-38(41)37(34(36)5)26-23-33(4)28-29-42-44(12,13)39(6,7)8/h18,21-22,28,36,38,41H,16-17,19-20,23-27,29-30H2,1-15H3/b32-22+,33-28+,35-21-/t36-,38+/m1/s1. The van der Waals surface area contributed by atoms with Crippen LogP contribution in [0.5, 0.6) is 0 Å². The quantitative estimate of drug-likeness (QED) is 0.125. The van der Waals surface area contributed by atoms with E-state index in [2.05, 4.69) is 127 Å². The molecule has 0 fully saturated rings. The van der Waals surface area contributed by atoms with E-state index < -0.39 is 16.6 Å². The lowest BCUT2D eigenvalue weighted by Crippen LogP contribution is -2.41. The zero-order valence-corrected chi connectivity index (χ0v) is 34.5. The first-order valence-corrected chi connectivity index (χ1v) is 23.7. The van der Waals surface area contributed by atoms with Gasteiger partial charge in [-0.15, -0.1) is 0 Å². The van der Waals surface area contributed by atoms with Crippen molar-refractivity contribution in [3.05, 3.63) is 57.7 Å². The van der Waals surface area contributed by atoms with E-state index in [-0.39, 0.29) is 16.2 Å². The summed E-state index contributed by atoms with van der Waals surface area (Å²) in [6, 6.07) is 0. The molecule has 0 saturated carbocycles. The van der Waals surface area contributed by atoms with Gasteiger partial charge in [-0.25, -0.2) is 0 Å². The van der Waals surface area contributed by atoms with Crippen LogP contribution in [0, 0.1) is 5.92 Å². The van der Waals surface area contributed by atoms with Crippen LogP contribution in [0.4, 0.5) is 0 Å². The Bertz CT molecular complexity index is 1070. The van der Waals surface area contributed by atoms with E-state index in [1.54, 1.807) is 0 Å². The summed E-state index contributed by atoms with van der Waals surface area (Å²) in [6.07, 6.45) is 18.6. The lowest BCUT2D eigenvalue weighted by molar-refractivity contribution is 0.173. The molecular formula is C40H74O3Si2. The summed E-state index contributed by atoms with van der Waals surface area (Å²) in [4.78, 5) is 0. The Morgan fingerprint density at radius 2 is 1.31 bits per heavy atom. The van der Waals surface area contributed by atoms with Crippen molar-refractivity contribution in [1.82, 2.24) is 0 Å². The van der Waals surface area contributed by atoms with Crippen LogP contribution in [0.2, 0.25) is 36.3 Å². The Kier molecular flexibility index (Phi) is 17.3. The van der Waals surface area contributed by atoms with Crippen molar-refractivity contribution < 1.29 is 14.0 Å². The second-order valence-corrected chi connectivity index (χ2v) is 26.8. The molecule has 5 heteroatoms. The number of hydrogen-bond acceptors (Lipinski definition) is 3. The maximum Gasteiger partial charge on any atom is 0.192 e. The first kappa shape index (κ1) is 42.0. The molecule has 0 radical (unpaired) electrons. The molecule has 1 aliphatic carbocycles. The summed E-state index contributed by atoms with van der Waals surface area (Å²) < 4.78 is 13.0. The molecule has 260 valence electrons. The first-order valence-electron chi connectivity index (χ1n) is 17.9. The minimum Gasteiger partial charge on any atom is -0.413 e. The van der Waals surface area contributed by atoms with Gasteiger partial charge in [0.1, 0.15) is 0 Å². The van der Waals surface area contributed by atoms with Gasteiger partial charge < -0.3 is 14.0 Å². The lowest BCUT2D eigenvalue weighted by Gasteiger charge is -2.36. The van der Waals surface area contributed by atoms with Crippen LogP contribution in [0.1, 0.15) is 134 Å². The van der Waals surface area contributed by atoms with Crippen molar-refractivity contribution in [3.8, 4) is 0 Å². The minimum atomic E-state index is -1.77. The molecule has 3 nitrogen and oxygen atoms in total. The average Bonchev–Trinajstić information content (AvgIpc) is 2.89. The molecule has 1 N–H and O–H groups in total. The van der Waals surface area contributed by atoms with Crippen molar-refractivity contribution in [2.45, 2.75) is 176 Å². The van der Waals surface area contributed by atoms with Crippen molar-refractivity contribution in [2.75, 3.05) is 13.2 Å². The van der Waals surface area contributed by atoms with Crippen molar-refractivity contribution >= 4 is 16.6 Å². The molecule has 1 rings (SSSR count). The monoisotopic (exact) mass is 659 g/mol. The summed E-state index contributed by atoms with van der Waals surface area (Å²) in [7, 11) is -3.49. The summed E-state index contributed by atoms with van der Waals surface area (Å²) in [5, 5.41) is 11.4. The van der Waals surface area contributed by atoms with E-state index in [0.717, 1.165) is 64.4 Å². The van der Waals surface area contributed by atoms with E-state index in [9.17, 15) is 5.11 Å². The summed E-state index contributed by atoms with van der Waals surface area (Å²) in [6.45, 7) is 35.8. The van der Waals surface area contributed by atoms with Crippen molar-refractivity contribution in [3.63, 3.8) is 0 Å². The van der Waals surface area contributed by atoms with Gasteiger partial charge in [0.15, 0.2) is 16.6 Å². The molecule has 0 aromatic carbocycles. The highest BCUT2D eigenvalue weighted by atomic mass is 28.4. The Labute approximate surface area is 283 Å². The molecule has 45 heavy (non-hydrogen) atoms. The van der Waals surface area contributed by atoms with Crippen molar-refractivity contribution in [1.29, 1.82) is 0 Å². The van der Waals surface area contributed by atoms with E-state index in [1.165, 1.54) is 33.4 Å². The molecule has 1 aliphatic rings. The minimum absolute atomic E-state index is 0.230. The van der Waals surface area contributed by atoms with Crippen LogP contribution in [-0.2, 0) is 8.85 Å². The Hall–Kier alpha value is -0.986. The number of aliphatic hydroxyl groups is 1. The molecule has 0 bridgehead atoms. The van der Waals surface area contributed by atoms with Crippen LogP contribution in [-0.4, -0.2) is 41.1 Å². The number of aliphatic hydroxyl groups excluding tert-OH is 1. The summed E-state index contributed by atoms with van der Waals surface area (Å²) >= 11 is 0. The van der Waals surface area contributed by atoms with Gasteiger partial charge in [0.2, 0.25) is 0 Å². The summed E-state index contributed by atoms with van der Waals surface area (Å²) in [5.41, 5.74) is 8.38. The molecule has 0 unspecified atom stereocenters. The molecule has 0 amide bonds. The fourth-order valence-electron chi connectivity index (χ4n) is 5.19. The van der Waals surface area contributed by atoms with Crippen LogP contribution < -0.4 is 0 Å². The highest BCUT2D eigenvalue weighted by Gasteiger charge is 2.37. The molecule has 0 heterocycles. The fourth-order valence-corrected chi connectivity index (χ4v) is 7.11. The molecule has 0 saturated heterocycles. The Morgan fingerprint density at radius 1 is 0.756 bits per heavy atom. The highest BCUT2D eigenvalue weighted by Crippen LogP contribution is 2.38. The maximum absolute atomic E-state index is 10.9. The smallest absolute Gasteiger partial charge is 0.192 e. The van der Waals surface area contributed by atoms with Gasteiger partial charge in [0.05, 0.1) is 19.3 Å². The topological polar surface area (TPSA) is 38.7 Å². The first-order chi connectivity index (χ1) is 20.6. The Balaban J connectivity index is 2.79. The van der Waals surface area contributed by atoms with Gasteiger partial charge in [-0.2, -0.15) is 0 Å². The van der Waals surface area contributed by atoms with Gasteiger partial charge in [0.25, 0.3) is 0 Å². The van der Waals surface area contributed by atoms with Gasteiger partial charge in [-0.3, -0.25) is 0 Å². The zero-order valence-electron chi connectivity index (χ0n) is 32.5. The van der Waals surface area contributed by atoms with Crippen molar-refractivity contribution in [2.24, 2.45) is 5.92 Å². The van der Waals surface area contributed by atoms with E-state index in [4.69, 9.17) is 8.85 Å². The molecule has 2 atom stereocenters. The van der Waals surface area contributed by atoms with Gasteiger partial charge in [0, 0.05) is 0 Å². The predicted octanol–water partition coefficient (Wildman–Crippen LogP) is 12.6. The highest BCUT2D eigenvalue weighted by molar-refractivity contribution is 6.74. The number of allylic oxidation sites excluding steroid dienone is 7. The van der Waals surface area contributed by atoms with Gasteiger partial charge >= 0.3 is 0 Å². The van der Waals surface area contributed by atoms with E-state index >= 15 is 0 Å². The van der Waals surface area contributed by atoms with E-state index in [1.807, 2.05) is 0 Å². The molecule has 0 aromatic rings. The van der Waals surface area contributed by atoms with Gasteiger partial charge in [-0.1, -0.05) is 88.1 Å². The Morgan fingerprint density at radius 3 is 1.89 bits per heavy atom. The summed E-state index contributed by atoms with van der Waals surface area (Å²) in [5.74, 6) is 0.540. The second-order valence-electron chi connectivity index (χ2n) is 17.2. The van der Waals surface area contributed by atoms with Crippen LogP contribution in [0.3, 0.4) is 0 Å². The molecule has 0 aromatic heterocycles. The molecule has 0 aliphatic heterocycles. The number of rotatable bonds is 17. The second kappa shape index (κ2) is 18.5. The molecular weight excluding hydrogens is 585 g/mol. The largest absolute Gasteiger partial charge is 0.413 e. The lowest BCUT2D eigenvalue weighted by atomic mass is 9.78. The number of hydrogen-bond donors (Lipinski definition) is 1. The van der Waals surface area contributed by atoms with Crippen LogP contribution in [0.15, 0.2) is 57.7 Å². The third kappa shape index (κ3) is 15.2. The molecule has 0 spiro atoms. The predicted molar refractivity (Wildman–Crippen MR) is 205 cm³/mol. The average molecular weight is 659 g/mol. The maximum atomic E-state index is 10.9. The normalized spacial score (nSPS) is 19.8.